The lowest BCUT2D eigenvalue weighted by Crippen LogP contribution is -2.20. The highest BCUT2D eigenvalue weighted by atomic mass is 19.1. The van der Waals surface area contributed by atoms with E-state index in [0.717, 1.165) is 17.5 Å². The van der Waals surface area contributed by atoms with Gasteiger partial charge in [0.1, 0.15) is 5.82 Å². The van der Waals surface area contributed by atoms with Crippen LogP contribution in [0.25, 0.3) is 0 Å². The Morgan fingerprint density at radius 3 is 2.53 bits per heavy atom. The second-order valence-electron chi connectivity index (χ2n) is 5.00. The van der Waals surface area contributed by atoms with Crippen LogP contribution in [-0.2, 0) is 6.42 Å². The summed E-state index contributed by atoms with van der Waals surface area (Å²) in [6.45, 7) is 4.08. The average molecular weight is 257 g/mol. The molecule has 2 rings (SSSR count). The van der Waals surface area contributed by atoms with Gasteiger partial charge in [0.25, 0.3) is 0 Å². The summed E-state index contributed by atoms with van der Waals surface area (Å²) in [6, 6.07) is 13.5. The van der Waals surface area contributed by atoms with Gasteiger partial charge in [-0.15, -0.1) is 0 Å². The molecule has 0 radical (unpaired) electrons. The number of halogens is 1. The zero-order valence-corrected chi connectivity index (χ0v) is 11.7. The van der Waals surface area contributed by atoms with Crippen LogP contribution in [0.1, 0.15) is 28.3 Å². The first-order valence-corrected chi connectivity index (χ1v) is 6.59. The summed E-state index contributed by atoms with van der Waals surface area (Å²) in [5.74, 6) is -0.140. The van der Waals surface area contributed by atoms with Gasteiger partial charge >= 0.3 is 0 Å². The predicted molar refractivity (Wildman–Crippen MR) is 77.8 cm³/mol. The normalized spacial score (nSPS) is 12.4. The molecule has 0 spiro atoms. The van der Waals surface area contributed by atoms with Crippen molar-refractivity contribution in [1.29, 1.82) is 0 Å². The van der Waals surface area contributed by atoms with Crippen molar-refractivity contribution in [2.24, 2.45) is 0 Å². The fraction of sp³-hybridized carbons (Fsp3) is 0.294. The zero-order chi connectivity index (χ0) is 13.8. The van der Waals surface area contributed by atoms with E-state index in [-0.39, 0.29) is 11.9 Å². The van der Waals surface area contributed by atoms with Gasteiger partial charge in [-0.25, -0.2) is 4.39 Å². The molecule has 0 saturated heterocycles. The number of hydrogen-bond donors (Lipinski definition) is 1. The lowest BCUT2D eigenvalue weighted by Gasteiger charge is -2.19. The number of rotatable bonds is 4. The quantitative estimate of drug-likeness (QED) is 0.874. The Labute approximate surface area is 114 Å². The van der Waals surface area contributed by atoms with Gasteiger partial charge in [0.15, 0.2) is 0 Å². The van der Waals surface area contributed by atoms with Gasteiger partial charge in [0.2, 0.25) is 0 Å². The van der Waals surface area contributed by atoms with E-state index in [1.165, 1.54) is 11.1 Å². The third kappa shape index (κ3) is 3.21. The minimum atomic E-state index is -0.140. The van der Waals surface area contributed by atoms with Gasteiger partial charge in [-0.2, -0.15) is 0 Å². The van der Waals surface area contributed by atoms with Crippen molar-refractivity contribution >= 4 is 0 Å². The summed E-state index contributed by atoms with van der Waals surface area (Å²) in [4.78, 5) is 0. The average Bonchev–Trinajstić information content (AvgIpc) is 2.41. The van der Waals surface area contributed by atoms with Crippen molar-refractivity contribution in [1.82, 2.24) is 5.32 Å². The molecule has 2 aromatic carbocycles. The lowest BCUT2D eigenvalue weighted by molar-refractivity contribution is 0.533. The van der Waals surface area contributed by atoms with Crippen molar-refractivity contribution in [2.45, 2.75) is 26.3 Å². The standard InChI is InChI=1S/C17H20FN/c1-12-8-9-16(18)15(10-12)17(19-3)11-14-7-5-4-6-13(14)2/h4-10,17,19H,11H2,1-3H3. The van der Waals surface area contributed by atoms with Crippen molar-refractivity contribution in [3.63, 3.8) is 0 Å². The topological polar surface area (TPSA) is 12.0 Å². The summed E-state index contributed by atoms with van der Waals surface area (Å²) in [6.07, 6.45) is 0.795. The van der Waals surface area contributed by atoms with Crippen LogP contribution in [0.2, 0.25) is 0 Å². The Morgan fingerprint density at radius 1 is 1.11 bits per heavy atom. The van der Waals surface area contributed by atoms with Crippen molar-refractivity contribution in [2.75, 3.05) is 7.05 Å². The first-order chi connectivity index (χ1) is 9.11. The Morgan fingerprint density at radius 2 is 1.84 bits per heavy atom. The maximum atomic E-state index is 14.0. The Bertz CT molecular complexity index is 563. The second kappa shape index (κ2) is 5.98. The highest BCUT2D eigenvalue weighted by Gasteiger charge is 2.15. The van der Waals surface area contributed by atoms with E-state index in [9.17, 15) is 4.39 Å². The third-order valence-corrected chi connectivity index (χ3v) is 3.56. The van der Waals surface area contributed by atoms with Crippen LogP contribution in [0, 0.1) is 19.7 Å². The molecule has 0 aliphatic carbocycles. The SMILES string of the molecule is CNC(Cc1ccccc1C)c1cc(C)ccc1F. The molecule has 0 heterocycles. The maximum absolute atomic E-state index is 14.0. The van der Waals surface area contributed by atoms with E-state index < -0.39 is 0 Å². The van der Waals surface area contributed by atoms with Crippen molar-refractivity contribution in [3.8, 4) is 0 Å². The summed E-state index contributed by atoms with van der Waals surface area (Å²) in [7, 11) is 1.88. The molecule has 1 nitrogen and oxygen atoms in total. The molecule has 1 atom stereocenters. The number of hydrogen-bond acceptors (Lipinski definition) is 1. The van der Waals surface area contributed by atoms with E-state index in [0.29, 0.717) is 0 Å². The summed E-state index contributed by atoms with van der Waals surface area (Å²) < 4.78 is 14.0. The molecule has 0 bridgehead atoms. The highest BCUT2D eigenvalue weighted by Crippen LogP contribution is 2.23. The molecule has 0 aromatic heterocycles. The van der Waals surface area contributed by atoms with Crippen LogP contribution < -0.4 is 5.32 Å². The largest absolute Gasteiger partial charge is 0.313 e. The molecule has 2 aromatic rings. The molecule has 0 saturated carbocycles. The van der Waals surface area contributed by atoms with Gasteiger partial charge in [-0.1, -0.05) is 42.0 Å². The van der Waals surface area contributed by atoms with Gasteiger partial charge in [-0.3, -0.25) is 0 Å². The molecular formula is C17H20FN. The van der Waals surface area contributed by atoms with Crippen LogP contribution in [0.5, 0.6) is 0 Å². The molecule has 0 amide bonds. The number of aryl methyl sites for hydroxylation is 2. The van der Waals surface area contributed by atoms with Crippen LogP contribution in [0.3, 0.4) is 0 Å². The van der Waals surface area contributed by atoms with Crippen LogP contribution in [-0.4, -0.2) is 7.05 Å². The molecular weight excluding hydrogens is 237 g/mol. The minimum Gasteiger partial charge on any atom is -0.313 e. The van der Waals surface area contributed by atoms with E-state index in [4.69, 9.17) is 0 Å². The minimum absolute atomic E-state index is 0.000926. The number of nitrogens with one attached hydrogen (secondary N) is 1. The second-order valence-corrected chi connectivity index (χ2v) is 5.00. The van der Waals surface area contributed by atoms with Gasteiger partial charge in [0, 0.05) is 11.6 Å². The molecule has 1 N–H and O–H groups in total. The molecule has 0 aliphatic heterocycles. The molecule has 2 heteroatoms. The van der Waals surface area contributed by atoms with Crippen LogP contribution >= 0.6 is 0 Å². The molecule has 19 heavy (non-hydrogen) atoms. The fourth-order valence-corrected chi connectivity index (χ4v) is 2.36. The maximum Gasteiger partial charge on any atom is 0.128 e. The monoisotopic (exact) mass is 257 g/mol. The van der Waals surface area contributed by atoms with Crippen LogP contribution in [0.15, 0.2) is 42.5 Å². The summed E-state index contributed by atoms with van der Waals surface area (Å²) in [5, 5.41) is 3.22. The fourth-order valence-electron chi connectivity index (χ4n) is 2.36. The van der Waals surface area contributed by atoms with Gasteiger partial charge in [-0.05, 0) is 44.5 Å². The molecule has 1 unspecified atom stereocenters. The van der Waals surface area contributed by atoms with E-state index in [1.54, 1.807) is 12.1 Å². The summed E-state index contributed by atoms with van der Waals surface area (Å²) in [5.41, 5.74) is 4.32. The van der Waals surface area contributed by atoms with Crippen molar-refractivity contribution < 1.29 is 4.39 Å². The molecule has 100 valence electrons. The van der Waals surface area contributed by atoms with E-state index >= 15 is 0 Å². The summed E-state index contributed by atoms with van der Waals surface area (Å²) >= 11 is 0. The highest BCUT2D eigenvalue weighted by molar-refractivity contribution is 5.31. The van der Waals surface area contributed by atoms with Crippen molar-refractivity contribution in [3.05, 3.63) is 70.5 Å². The Kier molecular flexibility index (Phi) is 4.33. The van der Waals surface area contributed by atoms with E-state index in [1.807, 2.05) is 32.2 Å². The molecule has 0 aliphatic rings. The number of benzene rings is 2. The third-order valence-electron chi connectivity index (χ3n) is 3.56. The lowest BCUT2D eigenvalue weighted by atomic mass is 9.95. The first-order valence-electron chi connectivity index (χ1n) is 6.59. The predicted octanol–water partition coefficient (Wildman–Crippen LogP) is 3.95. The Balaban J connectivity index is 2.30. The first kappa shape index (κ1) is 13.8. The number of likely N-dealkylation sites (N-methyl/N-ethyl adjacent to an activating group) is 1. The van der Waals surface area contributed by atoms with E-state index in [2.05, 4.69) is 24.4 Å². The Hall–Kier alpha value is -1.67. The van der Waals surface area contributed by atoms with Gasteiger partial charge in [0.05, 0.1) is 0 Å². The van der Waals surface area contributed by atoms with Gasteiger partial charge < -0.3 is 5.32 Å². The molecule has 0 fully saturated rings. The van der Waals surface area contributed by atoms with Crippen LogP contribution in [0.4, 0.5) is 4.39 Å². The zero-order valence-electron chi connectivity index (χ0n) is 11.7. The smallest absolute Gasteiger partial charge is 0.128 e.